The van der Waals surface area contributed by atoms with Gasteiger partial charge >= 0.3 is 0 Å². The van der Waals surface area contributed by atoms with Gasteiger partial charge in [0, 0.05) is 11.6 Å². The van der Waals surface area contributed by atoms with Crippen molar-refractivity contribution in [2.24, 2.45) is 0 Å². The Hall–Kier alpha value is -0.260. The van der Waals surface area contributed by atoms with E-state index in [-0.39, 0.29) is 24.1 Å². The molecule has 1 saturated heterocycles. The van der Waals surface area contributed by atoms with Crippen molar-refractivity contribution in [3.8, 4) is 0 Å². The van der Waals surface area contributed by atoms with E-state index >= 15 is 0 Å². The lowest BCUT2D eigenvalue weighted by Crippen LogP contribution is -2.51. The Balaban J connectivity index is 1.81. The standard InChI is InChI=1S/C10H18N2O2S/c13-9-4-2-1-3-7(9)12-10(14)8-5-15-6-11-8/h7-9,11,13H,1-6H2,(H,12,14). The van der Waals surface area contributed by atoms with Crippen LogP contribution in [0.2, 0.25) is 0 Å². The largest absolute Gasteiger partial charge is 0.391 e. The fourth-order valence-corrected chi connectivity index (χ4v) is 3.07. The quantitative estimate of drug-likeness (QED) is 0.628. The Morgan fingerprint density at radius 3 is 2.87 bits per heavy atom. The maximum Gasteiger partial charge on any atom is 0.238 e. The van der Waals surface area contributed by atoms with Crippen LogP contribution in [0.3, 0.4) is 0 Å². The summed E-state index contributed by atoms with van der Waals surface area (Å²) in [5.41, 5.74) is 0. The highest BCUT2D eigenvalue weighted by Gasteiger charge is 2.28. The van der Waals surface area contributed by atoms with Crippen LogP contribution in [0.5, 0.6) is 0 Å². The summed E-state index contributed by atoms with van der Waals surface area (Å²) in [5, 5.41) is 15.8. The average molecular weight is 230 g/mol. The first-order valence-corrected chi connectivity index (χ1v) is 6.72. The second-order valence-corrected chi connectivity index (χ2v) is 5.27. The summed E-state index contributed by atoms with van der Waals surface area (Å²) >= 11 is 1.74. The number of aliphatic hydroxyl groups is 1. The Morgan fingerprint density at radius 1 is 1.40 bits per heavy atom. The van der Waals surface area contributed by atoms with Gasteiger partial charge in [0.2, 0.25) is 5.91 Å². The number of thioether (sulfide) groups is 1. The predicted octanol–water partition coefficient (Wildman–Crippen LogP) is 0.0686. The van der Waals surface area contributed by atoms with E-state index in [1.54, 1.807) is 11.8 Å². The number of amides is 1. The van der Waals surface area contributed by atoms with Crippen molar-refractivity contribution in [2.75, 3.05) is 11.6 Å². The summed E-state index contributed by atoms with van der Waals surface area (Å²) < 4.78 is 0. The van der Waals surface area contributed by atoms with Crippen molar-refractivity contribution in [2.45, 2.75) is 43.9 Å². The molecule has 4 nitrogen and oxygen atoms in total. The van der Waals surface area contributed by atoms with Gasteiger partial charge < -0.3 is 10.4 Å². The molecule has 2 aliphatic rings. The summed E-state index contributed by atoms with van der Waals surface area (Å²) in [6.45, 7) is 0. The van der Waals surface area contributed by atoms with Gasteiger partial charge in [0.15, 0.2) is 0 Å². The molecule has 2 rings (SSSR count). The van der Waals surface area contributed by atoms with E-state index in [1.165, 1.54) is 0 Å². The zero-order valence-electron chi connectivity index (χ0n) is 8.74. The molecule has 0 bridgehead atoms. The number of hydrogen-bond donors (Lipinski definition) is 3. The first-order valence-electron chi connectivity index (χ1n) is 5.57. The summed E-state index contributed by atoms with van der Waals surface area (Å²) in [6, 6.07) is -0.0947. The lowest BCUT2D eigenvalue weighted by Gasteiger charge is -2.29. The molecule has 0 aromatic heterocycles. The van der Waals surface area contributed by atoms with Crippen LogP contribution >= 0.6 is 11.8 Å². The van der Waals surface area contributed by atoms with Crippen LogP contribution in [0.4, 0.5) is 0 Å². The van der Waals surface area contributed by atoms with Gasteiger partial charge in [0.05, 0.1) is 18.2 Å². The summed E-state index contributed by atoms with van der Waals surface area (Å²) in [6.07, 6.45) is 3.56. The summed E-state index contributed by atoms with van der Waals surface area (Å²) in [4.78, 5) is 11.8. The molecule has 5 heteroatoms. The maximum atomic E-state index is 11.8. The van der Waals surface area contributed by atoms with Gasteiger partial charge in [-0.1, -0.05) is 12.8 Å². The third kappa shape index (κ3) is 2.86. The van der Waals surface area contributed by atoms with Crippen molar-refractivity contribution in [1.29, 1.82) is 0 Å². The molecule has 0 aromatic carbocycles. The summed E-state index contributed by atoms with van der Waals surface area (Å²) in [7, 11) is 0. The first-order chi connectivity index (χ1) is 7.27. The first kappa shape index (κ1) is 11.2. The summed E-state index contributed by atoms with van der Waals surface area (Å²) in [5.74, 6) is 1.74. The molecular weight excluding hydrogens is 212 g/mol. The van der Waals surface area contributed by atoms with Crippen molar-refractivity contribution >= 4 is 17.7 Å². The monoisotopic (exact) mass is 230 g/mol. The van der Waals surface area contributed by atoms with Crippen molar-refractivity contribution < 1.29 is 9.90 Å². The van der Waals surface area contributed by atoms with Gasteiger partial charge in [0.25, 0.3) is 0 Å². The van der Waals surface area contributed by atoms with Crippen molar-refractivity contribution in [1.82, 2.24) is 10.6 Å². The lowest BCUT2D eigenvalue weighted by molar-refractivity contribution is -0.124. The third-order valence-electron chi connectivity index (χ3n) is 3.09. The van der Waals surface area contributed by atoms with E-state index in [9.17, 15) is 9.90 Å². The zero-order chi connectivity index (χ0) is 10.7. The van der Waals surface area contributed by atoms with E-state index in [1.807, 2.05) is 0 Å². The van der Waals surface area contributed by atoms with Gasteiger partial charge in [-0.2, -0.15) is 0 Å². The van der Waals surface area contributed by atoms with Crippen LogP contribution in [0.15, 0.2) is 0 Å². The molecule has 3 N–H and O–H groups in total. The van der Waals surface area contributed by atoms with Gasteiger partial charge in [-0.05, 0) is 12.8 Å². The topological polar surface area (TPSA) is 61.4 Å². The number of nitrogens with one attached hydrogen (secondary N) is 2. The minimum Gasteiger partial charge on any atom is -0.391 e. The highest BCUT2D eigenvalue weighted by atomic mass is 32.2. The molecule has 1 aliphatic heterocycles. The molecular formula is C10H18N2O2S. The molecule has 1 amide bonds. The van der Waals surface area contributed by atoms with Crippen molar-refractivity contribution in [3.63, 3.8) is 0 Å². The fraction of sp³-hybridized carbons (Fsp3) is 0.900. The molecule has 0 spiro atoms. The van der Waals surface area contributed by atoms with E-state index < -0.39 is 0 Å². The Morgan fingerprint density at radius 2 is 2.20 bits per heavy atom. The molecule has 1 heterocycles. The second kappa shape index (κ2) is 5.18. The molecule has 1 saturated carbocycles. The smallest absolute Gasteiger partial charge is 0.238 e. The molecule has 1 aliphatic carbocycles. The molecule has 2 fully saturated rings. The molecule has 15 heavy (non-hydrogen) atoms. The number of rotatable bonds is 2. The molecule has 0 aromatic rings. The molecule has 86 valence electrons. The van der Waals surface area contributed by atoms with Crippen molar-refractivity contribution in [3.05, 3.63) is 0 Å². The van der Waals surface area contributed by atoms with Gasteiger partial charge in [0.1, 0.15) is 0 Å². The number of hydrogen-bond acceptors (Lipinski definition) is 4. The number of carbonyl (C=O) groups excluding carboxylic acids is 1. The Bertz CT molecular complexity index is 231. The SMILES string of the molecule is O=C(NC1CCCCC1O)C1CSCN1. The van der Waals surface area contributed by atoms with Crippen LogP contribution < -0.4 is 10.6 Å². The normalized spacial score (nSPS) is 36.5. The van der Waals surface area contributed by atoms with Crippen LogP contribution in [0, 0.1) is 0 Å². The van der Waals surface area contributed by atoms with E-state index in [0.717, 1.165) is 37.3 Å². The Labute approximate surface area is 94.2 Å². The van der Waals surface area contributed by atoms with Crippen LogP contribution in [-0.2, 0) is 4.79 Å². The van der Waals surface area contributed by atoms with E-state index in [4.69, 9.17) is 0 Å². The molecule has 3 unspecified atom stereocenters. The third-order valence-corrected chi connectivity index (χ3v) is 4.03. The minimum absolute atomic E-state index is 0.0290. The second-order valence-electron chi connectivity index (χ2n) is 4.24. The number of carbonyl (C=O) groups is 1. The Kier molecular flexibility index (Phi) is 3.88. The average Bonchev–Trinajstić information content (AvgIpc) is 2.74. The number of aliphatic hydroxyl groups excluding tert-OH is 1. The van der Waals surface area contributed by atoms with Gasteiger partial charge in [-0.15, -0.1) is 11.8 Å². The molecule has 3 atom stereocenters. The lowest BCUT2D eigenvalue weighted by atomic mass is 9.92. The van der Waals surface area contributed by atoms with Crippen LogP contribution in [0.25, 0.3) is 0 Å². The van der Waals surface area contributed by atoms with Gasteiger partial charge in [-0.3, -0.25) is 10.1 Å². The maximum absolute atomic E-state index is 11.8. The minimum atomic E-state index is -0.350. The molecule has 0 radical (unpaired) electrons. The zero-order valence-corrected chi connectivity index (χ0v) is 9.55. The highest BCUT2D eigenvalue weighted by Crippen LogP contribution is 2.19. The predicted molar refractivity (Wildman–Crippen MR) is 60.7 cm³/mol. The highest BCUT2D eigenvalue weighted by molar-refractivity contribution is 7.99. The van der Waals surface area contributed by atoms with E-state index in [0.29, 0.717) is 0 Å². The fourth-order valence-electron chi connectivity index (χ4n) is 2.13. The van der Waals surface area contributed by atoms with E-state index in [2.05, 4.69) is 10.6 Å². The van der Waals surface area contributed by atoms with Crippen LogP contribution in [0.1, 0.15) is 25.7 Å². The van der Waals surface area contributed by atoms with Crippen LogP contribution in [-0.4, -0.2) is 40.8 Å². The van der Waals surface area contributed by atoms with Gasteiger partial charge in [-0.25, -0.2) is 0 Å².